The van der Waals surface area contributed by atoms with Crippen molar-refractivity contribution < 1.29 is 14.0 Å². The maximum absolute atomic E-state index is 12.9. The molecule has 2 aromatic heterocycles. The van der Waals surface area contributed by atoms with E-state index >= 15 is 0 Å². The van der Waals surface area contributed by atoms with Crippen LogP contribution in [0, 0.1) is 0 Å². The molecule has 4 rings (SSSR count). The first-order valence-electron chi connectivity index (χ1n) is 9.29. The molecule has 0 atom stereocenters. The van der Waals surface area contributed by atoms with Gasteiger partial charge in [-0.05, 0) is 18.2 Å². The van der Waals surface area contributed by atoms with Crippen LogP contribution >= 0.6 is 0 Å². The number of amides is 1. The van der Waals surface area contributed by atoms with E-state index in [4.69, 9.17) is 4.42 Å². The van der Waals surface area contributed by atoms with Crippen molar-refractivity contribution in [1.29, 1.82) is 0 Å². The first-order valence-corrected chi connectivity index (χ1v) is 9.29. The van der Waals surface area contributed by atoms with Crippen LogP contribution in [0.2, 0.25) is 0 Å². The van der Waals surface area contributed by atoms with Gasteiger partial charge >= 0.3 is 0 Å². The summed E-state index contributed by atoms with van der Waals surface area (Å²) in [4.78, 5) is 29.0. The first-order chi connectivity index (χ1) is 13.6. The summed E-state index contributed by atoms with van der Waals surface area (Å²) >= 11 is 0. The van der Waals surface area contributed by atoms with Crippen molar-refractivity contribution in [2.75, 3.05) is 32.7 Å². The van der Waals surface area contributed by atoms with Gasteiger partial charge in [0.1, 0.15) is 5.69 Å². The largest absolute Gasteiger partial charge is 0.461 e. The van der Waals surface area contributed by atoms with Gasteiger partial charge in [-0.3, -0.25) is 19.2 Å². The standard InChI is InChI=1S/C21H22N4O3/c1-23-18(14-17(22-23)16-6-3-2-4-7-16)21(27)25-11-9-24(10-12-25)15-19(26)20-8-5-13-28-20/h2-8,13-14H,9-12,15H2,1H3. The highest BCUT2D eigenvalue weighted by atomic mass is 16.3. The topological polar surface area (TPSA) is 71.6 Å². The number of furan rings is 1. The van der Waals surface area contributed by atoms with Gasteiger partial charge in [-0.1, -0.05) is 30.3 Å². The second kappa shape index (κ2) is 7.82. The maximum Gasteiger partial charge on any atom is 0.272 e. The van der Waals surface area contributed by atoms with Crippen LogP contribution in [-0.2, 0) is 7.05 Å². The van der Waals surface area contributed by atoms with E-state index in [9.17, 15) is 9.59 Å². The van der Waals surface area contributed by atoms with Crippen LogP contribution in [-0.4, -0.2) is 64.0 Å². The molecule has 3 heterocycles. The van der Waals surface area contributed by atoms with Crippen LogP contribution in [0.3, 0.4) is 0 Å². The number of hydrogen-bond donors (Lipinski definition) is 0. The Bertz CT molecular complexity index is 955. The molecular weight excluding hydrogens is 356 g/mol. The summed E-state index contributed by atoms with van der Waals surface area (Å²) in [5.41, 5.74) is 2.34. The molecule has 0 unspecified atom stereocenters. The number of ketones is 1. The van der Waals surface area contributed by atoms with Gasteiger partial charge in [-0.2, -0.15) is 5.10 Å². The van der Waals surface area contributed by atoms with Gasteiger partial charge in [-0.15, -0.1) is 0 Å². The molecule has 0 spiro atoms. The molecule has 1 fully saturated rings. The van der Waals surface area contributed by atoms with E-state index in [2.05, 4.69) is 5.10 Å². The molecular formula is C21H22N4O3. The van der Waals surface area contributed by atoms with Gasteiger partial charge in [0, 0.05) is 38.8 Å². The number of aryl methyl sites for hydroxylation is 1. The van der Waals surface area contributed by atoms with Crippen molar-refractivity contribution in [2.45, 2.75) is 0 Å². The van der Waals surface area contributed by atoms with Gasteiger partial charge in [-0.25, -0.2) is 0 Å². The predicted octanol–water partition coefficient (Wildman–Crippen LogP) is 2.32. The highest BCUT2D eigenvalue weighted by Crippen LogP contribution is 2.19. The number of piperazine rings is 1. The SMILES string of the molecule is Cn1nc(-c2ccccc2)cc1C(=O)N1CCN(CC(=O)c2ccco2)CC1. The number of carbonyl (C=O) groups is 2. The fraction of sp³-hybridized carbons (Fsp3) is 0.286. The molecule has 0 bridgehead atoms. The minimum Gasteiger partial charge on any atom is -0.461 e. The van der Waals surface area contributed by atoms with E-state index in [1.54, 1.807) is 23.9 Å². The Morgan fingerprint density at radius 2 is 1.79 bits per heavy atom. The lowest BCUT2D eigenvalue weighted by Gasteiger charge is -2.34. The normalized spacial score (nSPS) is 15.0. The van der Waals surface area contributed by atoms with Gasteiger partial charge < -0.3 is 9.32 Å². The zero-order valence-electron chi connectivity index (χ0n) is 15.7. The van der Waals surface area contributed by atoms with Crippen LogP contribution in [0.15, 0.2) is 59.2 Å². The number of nitrogens with zero attached hydrogens (tertiary/aromatic N) is 4. The van der Waals surface area contributed by atoms with E-state index in [-0.39, 0.29) is 11.7 Å². The maximum atomic E-state index is 12.9. The van der Waals surface area contributed by atoms with Crippen molar-refractivity contribution in [2.24, 2.45) is 7.05 Å². The number of benzene rings is 1. The molecule has 1 saturated heterocycles. The van der Waals surface area contributed by atoms with Crippen molar-refractivity contribution in [3.05, 3.63) is 66.2 Å². The highest BCUT2D eigenvalue weighted by molar-refractivity contribution is 5.95. The smallest absolute Gasteiger partial charge is 0.272 e. The van der Waals surface area contributed by atoms with E-state index in [1.807, 2.05) is 46.2 Å². The fourth-order valence-electron chi connectivity index (χ4n) is 3.41. The summed E-state index contributed by atoms with van der Waals surface area (Å²) < 4.78 is 6.79. The van der Waals surface area contributed by atoms with Crippen molar-refractivity contribution >= 4 is 11.7 Å². The Morgan fingerprint density at radius 1 is 1.04 bits per heavy atom. The van der Waals surface area contributed by atoms with Crippen molar-refractivity contribution in [3.63, 3.8) is 0 Å². The molecule has 0 N–H and O–H groups in total. The molecule has 0 saturated carbocycles. The quantitative estimate of drug-likeness (QED) is 0.637. The summed E-state index contributed by atoms with van der Waals surface area (Å²) in [6.07, 6.45) is 1.50. The number of hydrogen-bond acceptors (Lipinski definition) is 5. The van der Waals surface area contributed by atoms with Gasteiger partial charge in [0.05, 0.1) is 18.5 Å². The van der Waals surface area contributed by atoms with E-state index < -0.39 is 0 Å². The number of rotatable bonds is 5. The monoisotopic (exact) mass is 378 g/mol. The predicted molar refractivity (Wildman–Crippen MR) is 104 cm³/mol. The third-order valence-electron chi connectivity index (χ3n) is 4.99. The van der Waals surface area contributed by atoms with Crippen molar-refractivity contribution in [3.8, 4) is 11.3 Å². The van der Waals surface area contributed by atoms with Gasteiger partial charge in [0.25, 0.3) is 5.91 Å². The van der Waals surface area contributed by atoms with E-state index in [0.717, 1.165) is 11.3 Å². The molecule has 1 aliphatic rings. The van der Waals surface area contributed by atoms with Crippen LogP contribution in [0.4, 0.5) is 0 Å². The van der Waals surface area contributed by atoms with Crippen LogP contribution in [0.5, 0.6) is 0 Å². The number of aromatic nitrogens is 2. The molecule has 7 nitrogen and oxygen atoms in total. The number of Topliss-reactive ketones (excluding diaryl/α,β-unsaturated/α-hetero) is 1. The van der Waals surface area contributed by atoms with Crippen LogP contribution in [0.25, 0.3) is 11.3 Å². The summed E-state index contributed by atoms with van der Waals surface area (Å²) in [7, 11) is 1.79. The second-order valence-electron chi connectivity index (χ2n) is 6.87. The van der Waals surface area contributed by atoms with Crippen LogP contribution < -0.4 is 0 Å². The van der Waals surface area contributed by atoms with Crippen LogP contribution in [0.1, 0.15) is 21.0 Å². The Morgan fingerprint density at radius 3 is 2.46 bits per heavy atom. The third-order valence-corrected chi connectivity index (χ3v) is 4.99. The van der Waals surface area contributed by atoms with E-state index in [1.165, 1.54) is 6.26 Å². The van der Waals surface area contributed by atoms with Gasteiger partial charge in [0.2, 0.25) is 5.78 Å². The summed E-state index contributed by atoms with van der Waals surface area (Å²) in [5.74, 6) is 0.305. The zero-order chi connectivity index (χ0) is 19.5. The lowest BCUT2D eigenvalue weighted by Crippen LogP contribution is -2.50. The number of carbonyl (C=O) groups excluding carboxylic acids is 2. The third kappa shape index (κ3) is 3.75. The minimum absolute atomic E-state index is 0.0332. The fourth-order valence-corrected chi connectivity index (χ4v) is 3.41. The Labute approximate surface area is 163 Å². The Balaban J connectivity index is 1.38. The Kier molecular flexibility index (Phi) is 5.08. The molecule has 7 heteroatoms. The lowest BCUT2D eigenvalue weighted by atomic mass is 10.1. The Hall–Kier alpha value is -3.19. The summed E-state index contributed by atoms with van der Waals surface area (Å²) in [6, 6.07) is 15.0. The molecule has 0 radical (unpaired) electrons. The molecule has 1 aliphatic heterocycles. The van der Waals surface area contributed by atoms with E-state index in [0.29, 0.717) is 44.2 Å². The average Bonchev–Trinajstić information content (AvgIpc) is 3.39. The summed E-state index contributed by atoms with van der Waals surface area (Å²) in [6.45, 7) is 2.77. The average molecular weight is 378 g/mol. The first kappa shape index (κ1) is 18.2. The second-order valence-corrected chi connectivity index (χ2v) is 6.87. The minimum atomic E-state index is -0.0380. The highest BCUT2D eigenvalue weighted by Gasteiger charge is 2.26. The summed E-state index contributed by atoms with van der Waals surface area (Å²) in [5, 5.41) is 4.48. The molecule has 144 valence electrons. The van der Waals surface area contributed by atoms with Gasteiger partial charge in [0.15, 0.2) is 5.76 Å². The zero-order valence-corrected chi connectivity index (χ0v) is 15.7. The van der Waals surface area contributed by atoms with Crippen molar-refractivity contribution in [1.82, 2.24) is 19.6 Å². The molecule has 1 amide bonds. The molecule has 28 heavy (non-hydrogen) atoms. The molecule has 0 aliphatic carbocycles. The molecule has 3 aromatic rings. The molecule has 1 aromatic carbocycles. The lowest BCUT2D eigenvalue weighted by molar-refractivity contribution is 0.0611.